The summed E-state index contributed by atoms with van der Waals surface area (Å²) in [6.07, 6.45) is 0. The number of hydrogen-bond donors (Lipinski definition) is 2. The van der Waals surface area contributed by atoms with Crippen LogP contribution >= 0.6 is 11.6 Å². The SMILES string of the molecule is CC.CC.Cc1c(O)ccc2c(-c3ccccc3O)c3cc(Cl)c(=O)cc-3oc12. The molecule has 5 heteroatoms. The molecule has 2 aromatic carbocycles. The van der Waals surface area contributed by atoms with Crippen LogP contribution in [0.3, 0.4) is 0 Å². The average molecular weight is 413 g/mol. The fourth-order valence-corrected chi connectivity index (χ4v) is 3.22. The van der Waals surface area contributed by atoms with Gasteiger partial charge in [-0.3, -0.25) is 4.79 Å². The largest absolute Gasteiger partial charge is 0.508 e. The van der Waals surface area contributed by atoms with E-state index in [0.29, 0.717) is 39.0 Å². The minimum atomic E-state index is -0.349. The highest BCUT2D eigenvalue weighted by Gasteiger charge is 2.22. The van der Waals surface area contributed by atoms with E-state index in [1.54, 1.807) is 43.3 Å². The number of fused-ring (bicyclic) bond motifs is 2. The highest BCUT2D eigenvalue weighted by molar-refractivity contribution is 6.31. The van der Waals surface area contributed by atoms with E-state index in [1.807, 2.05) is 33.8 Å². The summed E-state index contributed by atoms with van der Waals surface area (Å²) in [6.45, 7) is 9.73. The van der Waals surface area contributed by atoms with Crippen LogP contribution in [0, 0.1) is 6.92 Å². The van der Waals surface area contributed by atoms with Crippen LogP contribution in [0.1, 0.15) is 33.3 Å². The van der Waals surface area contributed by atoms with Gasteiger partial charge in [0.2, 0.25) is 5.43 Å². The van der Waals surface area contributed by atoms with Crippen molar-refractivity contribution in [1.82, 2.24) is 0 Å². The van der Waals surface area contributed by atoms with E-state index in [1.165, 1.54) is 6.07 Å². The van der Waals surface area contributed by atoms with Crippen molar-refractivity contribution in [1.29, 1.82) is 0 Å². The first-order valence-electron chi connectivity index (χ1n) is 9.64. The van der Waals surface area contributed by atoms with Gasteiger partial charge in [0, 0.05) is 33.7 Å². The third-order valence-electron chi connectivity index (χ3n) is 4.34. The topological polar surface area (TPSA) is 70.7 Å². The van der Waals surface area contributed by atoms with Crippen LogP contribution in [-0.2, 0) is 0 Å². The predicted octanol–water partition coefficient (Wildman–Crippen LogP) is 6.99. The standard InChI is InChI=1S/C20H13ClO4.2C2H6/c1-10-15(22)7-6-12-19(11-4-2-3-5-16(11)23)13-8-14(21)17(24)9-18(13)25-20(10)12;2*1-2/h2-9,22-23H,1H3;2*1-2H3. The molecular weight excluding hydrogens is 388 g/mol. The highest BCUT2D eigenvalue weighted by Crippen LogP contribution is 2.45. The molecule has 0 bridgehead atoms. The molecule has 0 spiro atoms. The molecule has 0 saturated heterocycles. The van der Waals surface area contributed by atoms with Gasteiger partial charge in [-0.05, 0) is 31.2 Å². The lowest BCUT2D eigenvalue weighted by Gasteiger charge is -2.17. The number of para-hydroxylation sites is 1. The normalized spacial score (nSPS) is 10.1. The zero-order valence-corrected chi connectivity index (χ0v) is 18.0. The fraction of sp³-hybridized carbons (Fsp3) is 0.208. The summed E-state index contributed by atoms with van der Waals surface area (Å²) in [5, 5.41) is 21.2. The Labute approximate surface area is 175 Å². The number of rotatable bonds is 1. The second-order valence-electron chi connectivity index (χ2n) is 5.86. The molecule has 0 aromatic heterocycles. The van der Waals surface area contributed by atoms with Gasteiger partial charge in [0.15, 0.2) is 0 Å². The molecule has 1 aliphatic carbocycles. The van der Waals surface area contributed by atoms with Gasteiger partial charge in [0.1, 0.15) is 22.8 Å². The van der Waals surface area contributed by atoms with Gasteiger partial charge in [-0.1, -0.05) is 57.5 Å². The molecule has 2 aromatic rings. The third kappa shape index (κ3) is 4.08. The average Bonchev–Trinajstić information content (AvgIpc) is 2.74. The molecule has 0 atom stereocenters. The Morgan fingerprint density at radius 2 is 1.52 bits per heavy atom. The number of phenols is 2. The van der Waals surface area contributed by atoms with Crippen molar-refractivity contribution in [3.63, 3.8) is 0 Å². The Bertz CT molecular complexity index is 1160. The number of aryl methyl sites for hydroxylation is 1. The van der Waals surface area contributed by atoms with Crippen LogP contribution in [0.4, 0.5) is 0 Å². The first-order valence-corrected chi connectivity index (χ1v) is 10.0. The van der Waals surface area contributed by atoms with Gasteiger partial charge in [-0.25, -0.2) is 0 Å². The Morgan fingerprint density at radius 3 is 2.17 bits per heavy atom. The Morgan fingerprint density at radius 1 is 0.862 bits per heavy atom. The van der Waals surface area contributed by atoms with Crippen molar-refractivity contribution in [2.24, 2.45) is 0 Å². The molecule has 0 unspecified atom stereocenters. The first-order chi connectivity index (χ1) is 14.0. The maximum Gasteiger partial charge on any atom is 0.200 e. The van der Waals surface area contributed by atoms with Crippen LogP contribution in [-0.4, -0.2) is 10.2 Å². The molecule has 0 radical (unpaired) electrons. The van der Waals surface area contributed by atoms with E-state index in [-0.39, 0.29) is 22.0 Å². The predicted molar refractivity (Wildman–Crippen MR) is 120 cm³/mol. The monoisotopic (exact) mass is 412 g/mol. The minimum absolute atomic E-state index is 0.0780. The van der Waals surface area contributed by atoms with Crippen LogP contribution in [0.5, 0.6) is 11.5 Å². The number of hydrogen-bond acceptors (Lipinski definition) is 4. The molecule has 0 saturated carbocycles. The second kappa shape index (κ2) is 9.48. The van der Waals surface area contributed by atoms with Crippen LogP contribution in [0.2, 0.25) is 5.02 Å². The number of aromatic hydroxyl groups is 2. The first kappa shape index (κ1) is 22.3. The van der Waals surface area contributed by atoms with Gasteiger partial charge >= 0.3 is 0 Å². The summed E-state index contributed by atoms with van der Waals surface area (Å²) in [5.41, 5.74) is 2.56. The van der Waals surface area contributed by atoms with Crippen LogP contribution in [0.15, 0.2) is 57.7 Å². The maximum absolute atomic E-state index is 11.9. The smallest absolute Gasteiger partial charge is 0.200 e. The zero-order chi connectivity index (χ0) is 21.7. The van der Waals surface area contributed by atoms with Crippen molar-refractivity contribution < 1.29 is 14.6 Å². The van der Waals surface area contributed by atoms with Crippen LogP contribution < -0.4 is 5.43 Å². The van der Waals surface area contributed by atoms with Gasteiger partial charge in [0.05, 0.1) is 5.02 Å². The van der Waals surface area contributed by atoms with Gasteiger partial charge in [-0.2, -0.15) is 0 Å². The summed E-state index contributed by atoms with van der Waals surface area (Å²) in [5.74, 6) is 0.536. The number of phenolic OH excluding ortho intramolecular Hbond substituents is 2. The fourth-order valence-electron chi connectivity index (χ4n) is 3.05. The molecule has 0 amide bonds. The lowest BCUT2D eigenvalue weighted by atomic mass is 9.92. The van der Waals surface area contributed by atoms with E-state index in [4.69, 9.17) is 16.0 Å². The summed E-state index contributed by atoms with van der Waals surface area (Å²) < 4.78 is 5.90. The van der Waals surface area contributed by atoms with E-state index >= 15 is 0 Å². The summed E-state index contributed by atoms with van der Waals surface area (Å²) in [4.78, 5) is 11.9. The lowest BCUT2D eigenvalue weighted by molar-refractivity contribution is 0.470. The zero-order valence-electron chi connectivity index (χ0n) is 17.2. The highest BCUT2D eigenvalue weighted by atomic mass is 35.5. The molecule has 2 N–H and O–H groups in total. The number of halogens is 1. The lowest BCUT2D eigenvalue weighted by Crippen LogP contribution is -2.02. The van der Waals surface area contributed by atoms with Gasteiger partial charge in [-0.15, -0.1) is 0 Å². The quantitative estimate of drug-likeness (QED) is 0.330. The van der Waals surface area contributed by atoms with E-state index in [0.717, 1.165) is 0 Å². The van der Waals surface area contributed by atoms with Gasteiger partial charge in [0.25, 0.3) is 0 Å². The Kier molecular flexibility index (Phi) is 7.29. The van der Waals surface area contributed by atoms with Crippen molar-refractivity contribution in [2.75, 3.05) is 0 Å². The third-order valence-corrected chi connectivity index (χ3v) is 4.63. The van der Waals surface area contributed by atoms with Crippen molar-refractivity contribution >= 4 is 22.6 Å². The molecule has 2 aliphatic rings. The maximum atomic E-state index is 11.9. The molecular formula is C24H25ClO4. The Balaban J connectivity index is 0.000000707. The van der Waals surface area contributed by atoms with Crippen molar-refractivity contribution in [2.45, 2.75) is 34.6 Å². The molecule has 4 rings (SSSR count). The summed E-state index contributed by atoms with van der Waals surface area (Å²) in [7, 11) is 0. The Hall–Kier alpha value is -2.98. The minimum Gasteiger partial charge on any atom is -0.508 e. The number of benzene rings is 3. The molecule has 0 fully saturated rings. The molecule has 29 heavy (non-hydrogen) atoms. The van der Waals surface area contributed by atoms with E-state index < -0.39 is 0 Å². The molecule has 1 aliphatic heterocycles. The van der Waals surface area contributed by atoms with E-state index in [9.17, 15) is 15.0 Å². The van der Waals surface area contributed by atoms with Crippen LogP contribution in [0.25, 0.3) is 33.4 Å². The molecule has 152 valence electrons. The van der Waals surface area contributed by atoms with E-state index in [2.05, 4.69) is 0 Å². The van der Waals surface area contributed by atoms with Crippen molar-refractivity contribution in [3.05, 3.63) is 69.3 Å². The van der Waals surface area contributed by atoms with Crippen molar-refractivity contribution in [3.8, 4) is 33.9 Å². The summed E-state index contributed by atoms with van der Waals surface area (Å²) in [6, 6.07) is 13.1. The molecule has 1 heterocycles. The van der Waals surface area contributed by atoms with Gasteiger partial charge < -0.3 is 14.6 Å². The molecule has 4 nitrogen and oxygen atoms in total. The summed E-state index contributed by atoms with van der Waals surface area (Å²) >= 11 is 6.04. The second-order valence-corrected chi connectivity index (χ2v) is 6.27.